The molecule has 0 fully saturated rings. The number of rotatable bonds is 8. The molecule has 0 aliphatic rings. The van der Waals surface area contributed by atoms with Gasteiger partial charge < -0.3 is 19.2 Å². The van der Waals surface area contributed by atoms with E-state index in [0.29, 0.717) is 33.7 Å². The topological polar surface area (TPSA) is 77.8 Å². The third kappa shape index (κ3) is 5.40. The lowest BCUT2D eigenvalue weighted by atomic mass is 10.2. The van der Waals surface area contributed by atoms with Crippen LogP contribution in [0.3, 0.4) is 0 Å². The van der Waals surface area contributed by atoms with E-state index in [2.05, 4.69) is 5.32 Å². The van der Waals surface area contributed by atoms with Gasteiger partial charge in [-0.3, -0.25) is 9.00 Å². The van der Waals surface area contributed by atoms with Gasteiger partial charge in [-0.25, -0.2) is 0 Å². The fraction of sp³-hybridized carbons (Fsp3) is 0.190. The number of carbonyl (C=O) groups is 1. The molecule has 0 aliphatic heterocycles. The van der Waals surface area contributed by atoms with E-state index in [1.807, 2.05) is 6.07 Å². The zero-order valence-corrected chi connectivity index (χ0v) is 17.5. The summed E-state index contributed by atoms with van der Waals surface area (Å²) in [6, 6.07) is 15.4. The van der Waals surface area contributed by atoms with Gasteiger partial charge in [-0.2, -0.15) is 0 Å². The first-order valence-electron chi connectivity index (χ1n) is 8.72. The summed E-state index contributed by atoms with van der Waals surface area (Å²) in [5.74, 6) is 1.65. The lowest BCUT2D eigenvalue weighted by molar-refractivity contribution is 0.0921. The predicted molar refractivity (Wildman–Crippen MR) is 111 cm³/mol. The van der Waals surface area contributed by atoms with Crippen LogP contribution in [0.25, 0.3) is 0 Å². The highest BCUT2D eigenvalue weighted by atomic mass is 35.5. The summed E-state index contributed by atoms with van der Waals surface area (Å²) in [5.41, 5.74) is 0.853. The molecule has 1 amide bonds. The molecule has 0 saturated heterocycles. The van der Waals surface area contributed by atoms with E-state index >= 15 is 0 Å². The minimum atomic E-state index is -1.29. The van der Waals surface area contributed by atoms with Crippen LogP contribution >= 0.6 is 11.6 Å². The van der Waals surface area contributed by atoms with Crippen molar-refractivity contribution in [3.05, 3.63) is 76.7 Å². The number of halogens is 1. The average Bonchev–Trinajstić information content (AvgIpc) is 3.20. The van der Waals surface area contributed by atoms with Gasteiger partial charge in [-0.1, -0.05) is 17.7 Å². The summed E-state index contributed by atoms with van der Waals surface area (Å²) >= 11 is 5.85. The monoisotopic (exact) mass is 433 g/mol. The second kappa shape index (κ2) is 9.62. The predicted octanol–water partition coefficient (Wildman–Crippen LogP) is 4.19. The molecule has 0 aliphatic carbocycles. The van der Waals surface area contributed by atoms with Crippen molar-refractivity contribution in [2.45, 2.75) is 17.2 Å². The van der Waals surface area contributed by atoms with Crippen molar-refractivity contribution < 1.29 is 22.9 Å². The number of ether oxygens (including phenoxy) is 2. The number of hydrogen-bond donors (Lipinski definition) is 1. The Hall–Kier alpha value is -2.77. The highest BCUT2D eigenvalue weighted by molar-refractivity contribution is 7.84. The van der Waals surface area contributed by atoms with Crippen LogP contribution < -0.4 is 14.8 Å². The van der Waals surface area contributed by atoms with Gasteiger partial charge in [-0.15, -0.1) is 0 Å². The Balaban J connectivity index is 1.59. The van der Waals surface area contributed by atoms with Crippen molar-refractivity contribution >= 4 is 28.3 Å². The van der Waals surface area contributed by atoms with Gasteiger partial charge in [-0.05, 0) is 54.1 Å². The van der Waals surface area contributed by atoms with Crippen LogP contribution in [0.1, 0.15) is 21.9 Å². The zero-order valence-electron chi connectivity index (χ0n) is 15.9. The number of carbonyl (C=O) groups excluding carboxylic acids is 1. The van der Waals surface area contributed by atoms with E-state index in [9.17, 15) is 9.00 Å². The largest absolute Gasteiger partial charge is 0.493 e. The quantitative estimate of drug-likeness (QED) is 0.576. The number of methoxy groups -OCH3 is 2. The van der Waals surface area contributed by atoms with Crippen molar-refractivity contribution in [2.24, 2.45) is 0 Å². The molecule has 152 valence electrons. The van der Waals surface area contributed by atoms with Crippen molar-refractivity contribution in [2.75, 3.05) is 14.2 Å². The van der Waals surface area contributed by atoms with Gasteiger partial charge in [0.25, 0.3) is 5.91 Å². The third-order valence-corrected chi connectivity index (χ3v) is 5.73. The fourth-order valence-corrected chi connectivity index (χ4v) is 3.78. The molecule has 8 heteroatoms. The lowest BCUT2D eigenvalue weighted by Gasteiger charge is -2.10. The molecule has 3 aromatic rings. The van der Waals surface area contributed by atoms with Crippen LogP contribution in [0.15, 0.2) is 63.9 Å². The normalized spacial score (nSPS) is 11.7. The zero-order chi connectivity index (χ0) is 20.8. The second-order valence-corrected chi connectivity index (χ2v) is 7.97. The molecule has 6 nitrogen and oxygen atoms in total. The van der Waals surface area contributed by atoms with Crippen molar-refractivity contribution in [3.8, 4) is 11.5 Å². The number of amides is 1. The summed E-state index contributed by atoms with van der Waals surface area (Å²) in [4.78, 5) is 13.0. The maximum atomic E-state index is 12.4. The maximum Gasteiger partial charge on any atom is 0.287 e. The molecule has 29 heavy (non-hydrogen) atoms. The summed E-state index contributed by atoms with van der Waals surface area (Å²) in [6.07, 6.45) is 0. The summed E-state index contributed by atoms with van der Waals surface area (Å²) in [5, 5.41) is 3.37. The van der Waals surface area contributed by atoms with Crippen LogP contribution in [-0.4, -0.2) is 24.3 Å². The number of benzene rings is 2. The van der Waals surface area contributed by atoms with E-state index < -0.39 is 10.8 Å². The van der Waals surface area contributed by atoms with E-state index in [0.717, 1.165) is 5.56 Å². The van der Waals surface area contributed by atoms with E-state index in [4.69, 9.17) is 25.5 Å². The van der Waals surface area contributed by atoms with Crippen LogP contribution in [0.2, 0.25) is 5.02 Å². The molecular formula is C21H20ClNO5S. The Labute approximate surface area is 176 Å². The highest BCUT2D eigenvalue weighted by Gasteiger charge is 2.14. The molecule has 1 N–H and O–H groups in total. The first kappa shape index (κ1) is 21.0. The van der Waals surface area contributed by atoms with Gasteiger partial charge in [0.05, 0.1) is 30.8 Å². The summed E-state index contributed by atoms with van der Waals surface area (Å²) in [6.45, 7) is 0.298. The standard InChI is InChI=1S/C21H20ClNO5S/c1-26-18-9-3-14(11-20(18)27-2)12-23-21(24)19-10-6-16(28-19)13-29(25)17-7-4-15(22)5-8-17/h3-11H,12-13H2,1-2H3,(H,23,24). The Kier molecular flexibility index (Phi) is 6.95. The van der Waals surface area contributed by atoms with Crippen LogP contribution in [0.5, 0.6) is 11.5 Å². The molecule has 0 radical (unpaired) electrons. The Morgan fingerprint density at radius 2 is 1.76 bits per heavy atom. The summed E-state index contributed by atoms with van der Waals surface area (Å²) in [7, 11) is 1.82. The number of furan rings is 1. The molecular weight excluding hydrogens is 414 g/mol. The molecule has 0 spiro atoms. The lowest BCUT2D eigenvalue weighted by Crippen LogP contribution is -2.22. The highest BCUT2D eigenvalue weighted by Crippen LogP contribution is 2.27. The van der Waals surface area contributed by atoms with Crippen molar-refractivity contribution in [1.82, 2.24) is 5.32 Å². The maximum absolute atomic E-state index is 12.4. The Bertz CT molecular complexity index is 1020. The SMILES string of the molecule is COc1ccc(CNC(=O)c2ccc(CS(=O)c3ccc(Cl)cc3)o2)cc1OC. The summed E-state index contributed by atoms with van der Waals surface area (Å²) < 4.78 is 28.4. The minimum Gasteiger partial charge on any atom is -0.493 e. The van der Waals surface area contributed by atoms with Gasteiger partial charge in [0.15, 0.2) is 17.3 Å². The molecule has 0 bridgehead atoms. The smallest absolute Gasteiger partial charge is 0.287 e. The average molecular weight is 434 g/mol. The van der Waals surface area contributed by atoms with Crippen molar-refractivity contribution in [3.63, 3.8) is 0 Å². The van der Waals surface area contributed by atoms with Gasteiger partial charge in [0, 0.05) is 16.5 Å². The molecule has 1 atom stereocenters. The van der Waals surface area contributed by atoms with Gasteiger partial charge in [0.2, 0.25) is 0 Å². The molecule has 1 aromatic heterocycles. The number of hydrogen-bond acceptors (Lipinski definition) is 5. The molecule has 2 aromatic carbocycles. The Morgan fingerprint density at radius 1 is 1.03 bits per heavy atom. The molecule has 1 unspecified atom stereocenters. The molecule has 3 rings (SSSR count). The Morgan fingerprint density at radius 3 is 2.45 bits per heavy atom. The van der Waals surface area contributed by atoms with Crippen LogP contribution in [-0.2, 0) is 23.1 Å². The van der Waals surface area contributed by atoms with Crippen LogP contribution in [0, 0.1) is 0 Å². The van der Waals surface area contributed by atoms with Crippen LogP contribution in [0.4, 0.5) is 0 Å². The van der Waals surface area contributed by atoms with E-state index in [1.54, 1.807) is 62.8 Å². The molecule has 1 heterocycles. The number of nitrogens with one attached hydrogen (secondary N) is 1. The first-order chi connectivity index (χ1) is 14.0. The van der Waals surface area contributed by atoms with Crippen molar-refractivity contribution in [1.29, 1.82) is 0 Å². The van der Waals surface area contributed by atoms with E-state index in [1.165, 1.54) is 0 Å². The second-order valence-electron chi connectivity index (χ2n) is 6.08. The van der Waals surface area contributed by atoms with Gasteiger partial charge >= 0.3 is 0 Å². The minimum absolute atomic E-state index is 0.161. The fourth-order valence-electron chi connectivity index (χ4n) is 2.64. The first-order valence-corrected chi connectivity index (χ1v) is 10.4. The molecule has 0 saturated carbocycles. The van der Waals surface area contributed by atoms with E-state index in [-0.39, 0.29) is 17.4 Å². The van der Waals surface area contributed by atoms with Gasteiger partial charge in [0.1, 0.15) is 5.76 Å². The third-order valence-electron chi connectivity index (χ3n) is 4.14.